The Bertz CT molecular complexity index is 556. The zero-order valence-corrected chi connectivity index (χ0v) is 8.78. The predicted octanol–water partition coefficient (Wildman–Crippen LogP) is 0.331. The van der Waals surface area contributed by atoms with Crippen LogP contribution in [0.2, 0.25) is 0 Å². The van der Waals surface area contributed by atoms with E-state index in [4.69, 9.17) is 0 Å². The highest BCUT2D eigenvalue weighted by Gasteiger charge is 2.18. The molecule has 1 heterocycles. The number of hydrogen-bond donors (Lipinski definition) is 2. The summed E-state index contributed by atoms with van der Waals surface area (Å²) in [6.07, 6.45) is 1.68. The first kappa shape index (κ1) is 10.4. The maximum Gasteiger partial charge on any atom is 0.253 e. The molecule has 0 saturated heterocycles. The lowest BCUT2D eigenvalue weighted by Gasteiger charge is -2.11. The van der Waals surface area contributed by atoms with Gasteiger partial charge in [0.1, 0.15) is 11.4 Å². The summed E-state index contributed by atoms with van der Waals surface area (Å²) >= 11 is 0. The SMILES string of the molecule is CNc1c(NCc2ccccn2)c(=O)c1=O. The van der Waals surface area contributed by atoms with Gasteiger partial charge >= 0.3 is 0 Å². The van der Waals surface area contributed by atoms with Gasteiger partial charge in [-0.25, -0.2) is 0 Å². The Balaban J connectivity index is 2.09. The highest BCUT2D eigenvalue weighted by molar-refractivity contribution is 5.73. The van der Waals surface area contributed by atoms with E-state index in [0.717, 1.165) is 5.69 Å². The Morgan fingerprint density at radius 1 is 1.19 bits per heavy atom. The van der Waals surface area contributed by atoms with Crippen LogP contribution in [0.1, 0.15) is 5.69 Å². The topological polar surface area (TPSA) is 71.1 Å². The van der Waals surface area contributed by atoms with Crippen molar-refractivity contribution in [2.24, 2.45) is 0 Å². The second-order valence-electron chi connectivity index (χ2n) is 3.33. The molecule has 0 unspecified atom stereocenters. The smallest absolute Gasteiger partial charge is 0.253 e. The molecule has 5 heteroatoms. The van der Waals surface area contributed by atoms with Gasteiger partial charge in [-0.05, 0) is 12.1 Å². The second kappa shape index (κ2) is 4.14. The van der Waals surface area contributed by atoms with Crippen molar-refractivity contribution in [2.75, 3.05) is 17.7 Å². The van der Waals surface area contributed by atoms with Crippen LogP contribution < -0.4 is 21.5 Å². The lowest BCUT2D eigenvalue weighted by Crippen LogP contribution is -2.36. The minimum atomic E-state index is -0.472. The largest absolute Gasteiger partial charge is 0.383 e. The van der Waals surface area contributed by atoms with Gasteiger partial charge in [0.25, 0.3) is 10.9 Å². The molecule has 16 heavy (non-hydrogen) atoms. The van der Waals surface area contributed by atoms with Gasteiger partial charge in [-0.2, -0.15) is 0 Å². The van der Waals surface area contributed by atoms with E-state index in [2.05, 4.69) is 15.6 Å². The molecule has 0 aliphatic heterocycles. The van der Waals surface area contributed by atoms with Crippen molar-refractivity contribution in [3.05, 3.63) is 50.5 Å². The molecule has 0 spiro atoms. The van der Waals surface area contributed by atoms with Crippen molar-refractivity contribution in [1.29, 1.82) is 0 Å². The molecule has 2 aromatic rings. The highest BCUT2D eigenvalue weighted by Crippen LogP contribution is 2.13. The maximum atomic E-state index is 11.2. The molecule has 5 nitrogen and oxygen atoms in total. The molecule has 0 radical (unpaired) electrons. The Labute approximate surface area is 91.8 Å². The Morgan fingerprint density at radius 2 is 1.94 bits per heavy atom. The van der Waals surface area contributed by atoms with Gasteiger partial charge in [0, 0.05) is 13.2 Å². The summed E-state index contributed by atoms with van der Waals surface area (Å²) in [7, 11) is 1.61. The van der Waals surface area contributed by atoms with Crippen molar-refractivity contribution < 1.29 is 0 Å². The van der Waals surface area contributed by atoms with Gasteiger partial charge in [-0.3, -0.25) is 14.6 Å². The molecule has 82 valence electrons. The Kier molecular flexibility index (Phi) is 2.68. The van der Waals surface area contributed by atoms with Crippen LogP contribution in [0.25, 0.3) is 0 Å². The Morgan fingerprint density at radius 3 is 2.56 bits per heavy atom. The zero-order valence-electron chi connectivity index (χ0n) is 8.78. The van der Waals surface area contributed by atoms with E-state index in [9.17, 15) is 9.59 Å². The molecule has 0 atom stereocenters. The van der Waals surface area contributed by atoms with Gasteiger partial charge in [0.05, 0.1) is 12.2 Å². The van der Waals surface area contributed by atoms with E-state index in [1.54, 1.807) is 13.2 Å². The number of nitrogens with one attached hydrogen (secondary N) is 2. The van der Waals surface area contributed by atoms with Gasteiger partial charge < -0.3 is 10.6 Å². The summed E-state index contributed by atoms with van der Waals surface area (Å²) in [6.45, 7) is 0.431. The van der Waals surface area contributed by atoms with E-state index in [1.165, 1.54) is 0 Å². The van der Waals surface area contributed by atoms with Crippen molar-refractivity contribution in [2.45, 2.75) is 6.54 Å². The van der Waals surface area contributed by atoms with E-state index in [0.29, 0.717) is 17.9 Å². The van der Waals surface area contributed by atoms with Crippen molar-refractivity contribution in [3.8, 4) is 0 Å². The van der Waals surface area contributed by atoms with E-state index >= 15 is 0 Å². The predicted molar refractivity (Wildman–Crippen MR) is 62.5 cm³/mol. The average molecular weight is 217 g/mol. The molecule has 1 aromatic heterocycles. The molecule has 0 amide bonds. The minimum Gasteiger partial charge on any atom is -0.383 e. The fourth-order valence-corrected chi connectivity index (χ4v) is 1.48. The number of hydrogen-bond acceptors (Lipinski definition) is 5. The molecular formula is C11H11N3O2. The van der Waals surface area contributed by atoms with Crippen LogP contribution in [0.5, 0.6) is 0 Å². The molecule has 0 aliphatic carbocycles. The number of aromatic nitrogens is 1. The van der Waals surface area contributed by atoms with Gasteiger partial charge in [-0.1, -0.05) is 6.07 Å². The fraction of sp³-hybridized carbons (Fsp3) is 0.182. The third kappa shape index (κ3) is 1.67. The Hall–Kier alpha value is -2.17. The standard InChI is InChI=1S/C11H11N3O2/c1-12-8-9(11(16)10(8)15)14-6-7-4-2-3-5-13-7/h2-5,12,14H,6H2,1H3. The van der Waals surface area contributed by atoms with Crippen LogP contribution in [0.15, 0.2) is 34.0 Å². The molecular weight excluding hydrogens is 206 g/mol. The summed E-state index contributed by atoms with van der Waals surface area (Å²) in [5.74, 6) is 0. The first-order chi connectivity index (χ1) is 7.74. The molecule has 0 bridgehead atoms. The first-order valence-electron chi connectivity index (χ1n) is 4.89. The monoisotopic (exact) mass is 217 g/mol. The molecule has 0 aliphatic rings. The average Bonchev–Trinajstić information content (AvgIpc) is 2.34. The first-order valence-corrected chi connectivity index (χ1v) is 4.89. The van der Waals surface area contributed by atoms with E-state index < -0.39 is 10.9 Å². The summed E-state index contributed by atoms with van der Waals surface area (Å²) in [5, 5.41) is 5.60. The van der Waals surface area contributed by atoms with E-state index in [-0.39, 0.29) is 0 Å². The fourth-order valence-electron chi connectivity index (χ4n) is 1.48. The molecule has 2 rings (SSSR count). The summed E-state index contributed by atoms with van der Waals surface area (Å²) in [5.41, 5.74) is 0.572. The molecule has 0 fully saturated rings. The third-order valence-electron chi connectivity index (χ3n) is 2.33. The van der Waals surface area contributed by atoms with Crippen molar-refractivity contribution in [1.82, 2.24) is 4.98 Å². The lowest BCUT2D eigenvalue weighted by molar-refractivity contribution is 1.04. The van der Waals surface area contributed by atoms with Gasteiger partial charge in [0.2, 0.25) is 0 Å². The van der Waals surface area contributed by atoms with Gasteiger partial charge in [-0.15, -0.1) is 0 Å². The molecule has 2 N–H and O–H groups in total. The maximum absolute atomic E-state index is 11.2. The van der Waals surface area contributed by atoms with Crippen LogP contribution in [-0.2, 0) is 6.54 Å². The molecule has 1 aromatic carbocycles. The molecule has 0 saturated carbocycles. The minimum absolute atomic E-state index is 0.346. The number of anilines is 2. The summed E-state index contributed by atoms with van der Waals surface area (Å²) < 4.78 is 0. The number of rotatable bonds is 4. The van der Waals surface area contributed by atoms with E-state index in [1.807, 2.05) is 18.2 Å². The van der Waals surface area contributed by atoms with Crippen LogP contribution in [0.3, 0.4) is 0 Å². The van der Waals surface area contributed by atoms with Crippen LogP contribution in [0, 0.1) is 0 Å². The number of pyridine rings is 1. The summed E-state index contributed by atoms with van der Waals surface area (Å²) in [4.78, 5) is 26.4. The van der Waals surface area contributed by atoms with Crippen molar-refractivity contribution >= 4 is 11.4 Å². The summed E-state index contributed by atoms with van der Waals surface area (Å²) in [6, 6.07) is 5.53. The zero-order chi connectivity index (χ0) is 11.5. The third-order valence-corrected chi connectivity index (χ3v) is 2.33. The van der Waals surface area contributed by atoms with Crippen LogP contribution >= 0.6 is 0 Å². The van der Waals surface area contributed by atoms with Crippen LogP contribution in [-0.4, -0.2) is 12.0 Å². The van der Waals surface area contributed by atoms with Gasteiger partial charge in [0.15, 0.2) is 0 Å². The lowest BCUT2D eigenvalue weighted by atomic mass is 10.2. The normalized spacial score (nSPS) is 10.3. The van der Waals surface area contributed by atoms with Crippen LogP contribution in [0.4, 0.5) is 11.4 Å². The number of nitrogens with zero attached hydrogens (tertiary/aromatic N) is 1. The highest BCUT2D eigenvalue weighted by atomic mass is 16.2. The quantitative estimate of drug-likeness (QED) is 0.722. The second-order valence-corrected chi connectivity index (χ2v) is 3.33. The van der Waals surface area contributed by atoms with Crippen molar-refractivity contribution in [3.63, 3.8) is 0 Å².